The van der Waals surface area contributed by atoms with E-state index in [1.807, 2.05) is 35.4 Å². The number of fused-ring (bicyclic) bond motifs is 1. The second-order valence-corrected chi connectivity index (χ2v) is 10.1. The van der Waals surface area contributed by atoms with Gasteiger partial charge in [0.05, 0.1) is 13.2 Å². The van der Waals surface area contributed by atoms with E-state index in [4.69, 9.17) is 4.74 Å². The molecule has 0 unspecified atom stereocenters. The summed E-state index contributed by atoms with van der Waals surface area (Å²) in [6.07, 6.45) is 3.19. The molecule has 2 aromatic carbocycles. The minimum absolute atomic E-state index is 0.0827. The first-order chi connectivity index (χ1) is 18.4. The quantitative estimate of drug-likeness (QED) is 0.423. The molecular formula is C29H30FN5O3. The van der Waals surface area contributed by atoms with Gasteiger partial charge in [-0.25, -0.2) is 9.37 Å². The molecule has 9 heteroatoms. The molecule has 2 N–H and O–H groups in total. The van der Waals surface area contributed by atoms with Gasteiger partial charge in [-0.1, -0.05) is 12.1 Å². The number of piperazine rings is 1. The number of benzene rings is 2. The fraction of sp³-hybridized carbons (Fsp3) is 0.310. The highest BCUT2D eigenvalue weighted by Gasteiger charge is 2.29. The number of rotatable bonds is 5. The van der Waals surface area contributed by atoms with Gasteiger partial charge < -0.3 is 29.5 Å². The third-order valence-electron chi connectivity index (χ3n) is 7.52. The van der Waals surface area contributed by atoms with Crippen LogP contribution in [0.25, 0.3) is 33.3 Å². The first-order valence-corrected chi connectivity index (χ1v) is 12.8. The molecule has 2 aromatic heterocycles. The number of carbonyl (C=O) groups excluding carboxylic acids is 1. The number of carbonyl (C=O) groups is 1. The molecule has 4 heterocycles. The average Bonchev–Trinajstić information content (AvgIpc) is 3.34. The van der Waals surface area contributed by atoms with Crippen LogP contribution in [-0.2, 0) is 0 Å². The lowest BCUT2D eigenvalue weighted by molar-refractivity contribution is 0.00590. The molecule has 0 atom stereocenters. The Morgan fingerprint density at radius 2 is 1.79 bits per heavy atom. The summed E-state index contributed by atoms with van der Waals surface area (Å²) in [6, 6.07) is 12.8. The van der Waals surface area contributed by atoms with Gasteiger partial charge in [-0.15, -0.1) is 0 Å². The molecule has 196 valence electrons. The maximum absolute atomic E-state index is 15.5. The lowest BCUT2D eigenvalue weighted by atomic mass is 10.00. The number of ether oxygens (including phenoxy) is 1. The van der Waals surface area contributed by atoms with Crippen LogP contribution in [0.1, 0.15) is 10.4 Å². The summed E-state index contributed by atoms with van der Waals surface area (Å²) in [4.78, 5) is 26.3. The number of aliphatic hydroxyl groups excluding tert-OH is 1. The van der Waals surface area contributed by atoms with E-state index in [-0.39, 0.29) is 11.7 Å². The third-order valence-corrected chi connectivity index (χ3v) is 7.52. The van der Waals surface area contributed by atoms with E-state index in [2.05, 4.69) is 21.9 Å². The van der Waals surface area contributed by atoms with Gasteiger partial charge in [0.1, 0.15) is 17.1 Å². The second kappa shape index (κ2) is 9.74. The van der Waals surface area contributed by atoms with Gasteiger partial charge in [0, 0.05) is 73.7 Å². The highest BCUT2D eigenvalue weighted by atomic mass is 19.1. The Bertz CT molecular complexity index is 1490. The van der Waals surface area contributed by atoms with Crippen molar-refractivity contribution >= 4 is 22.6 Å². The number of aromatic amines is 1. The lowest BCUT2D eigenvalue weighted by Crippen LogP contribution is -2.53. The molecule has 0 bridgehead atoms. The van der Waals surface area contributed by atoms with E-state index >= 15 is 4.39 Å². The number of H-pyrrole nitrogens is 1. The highest BCUT2D eigenvalue weighted by molar-refractivity contribution is 5.98. The first-order valence-electron chi connectivity index (χ1n) is 12.8. The molecule has 2 fully saturated rings. The molecule has 6 rings (SSSR count). The van der Waals surface area contributed by atoms with E-state index < -0.39 is 6.10 Å². The summed E-state index contributed by atoms with van der Waals surface area (Å²) in [5.41, 5.74) is 5.16. The molecule has 4 aromatic rings. The Balaban J connectivity index is 1.31. The molecule has 2 aliphatic rings. The number of hydrogen-bond donors (Lipinski definition) is 2. The summed E-state index contributed by atoms with van der Waals surface area (Å²) in [5.74, 6) is 0.114. The molecule has 0 radical (unpaired) electrons. The summed E-state index contributed by atoms with van der Waals surface area (Å²) >= 11 is 0. The van der Waals surface area contributed by atoms with Gasteiger partial charge >= 0.3 is 0 Å². The van der Waals surface area contributed by atoms with E-state index in [0.717, 1.165) is 53.9 Å². The molecular weight excluding hydrogens is 485 g/mol. The Kier molecular flexibility index (Phi) is 6.25. The van der Waals surface area contributed by atoms with E-state index in [1.165, 1.54) is 0 Å². The zero-order valence-corrected chi connectivity index (χ0v) is 21.4. The first kappa shape index (κ1) is 24.4. The number of likely N-dealkylation sites (tertiary alicyclic amines) is 1. The number of halogens is 1. The number of methoxy groups -OCH3 is 1. The normalized spacial score (nSPS) is 16.6. The van der Waals surface area contributed by atoms with Crippen molar-refractivity contribution < 1.29 is 19.0 Å². The van der Waals surface area contributed by atoms with E-state index in [9.17, 15) is 9.90 Å². The van der Waals surface area contributed by atoms with Gasteiger partial charge in [0.25, 0.3) is 5.91 Å². The van der Waals surface area contributed by atoms with Crippen LogP contribution in [0.4, 0.5) is 10.1 Å². The number of aromatic nitrogens is 2. The van der Waals surface area contributed by atoms with Crippen molar-refractivity contribution in [3.63, 3.8) is 0 Å². The fourth-order valence-electron chi connectivity index (χ4n) is 5.23. The largest absolute Gasteiger partial charge is 0.494 e. The summed E-state index contributed by atoms with van der Waals surface area (Å²) in [5, 5.41) is 10.4. The molecule has 38 heavy (non-hydrogen) atoms. The monoisotopic (exact) mass is 515 g/mol. The van der Waals surface area contributed by atoms with Crippen molar-refractivity contribution in [2.75, 3.05) is 58.3 Å². The van der Waals surface area contributed by atoms with Crippen molar-refractivity contribution in [3.05, 3.63) is 66.2 Å². The topological polar surface area (TPSA) is 84.9 Å². The standard InChI is InChI=1S/C29H30FN5O3/c1-33-7-9-34(10-8-33)27-25(30)12-20(13-26(27)38-2)21-11-23-24(15-32-28(23)31-14-21)18-3-5-19(6-4-18)29(37)35-16-22(36)17-35/h3-6,11-15,22,36H,7-10,16-17H2,1-2H3,(H,31,32). The molecule has 0 spiro atoms. The highest BCUT2D eigenvalue weighted by Crippen LogP contribution is 2.38. The van der Waals surface area contributed by atoms with Crippen LogP contribution in [0.15, 0.2) is 54.9 Å². The number of anilines is 1. The number of amides is 1. The van der Waals surface area contributed by atoms with Crippen LogP contribution in [0.2, 0.25) is 0 Å². The minimum atomic E-state index is -0.428. The number of pyridine rings is 1. The van der Waals surface area contributed by atoms with Gasteiger partial charge in [0.15, 0.2) is 5.82 Å². The number of aliphatic hydroxyl groups is 1. The number of likely N-dealkylation sites (N-methyl/N-ethyl adjacent to an activating group) is 1. The predicted molar refractivity (Wildman–Crippen MR) is 145 cm³/mol. The molecule has 0 aliphatic carbocycles. The van der Waals surface area contributed by atoms with Gasteiger partial charge in [-0.05, 0) is 48.5 Å². The lowest BCUT2D eigenvalue weighted by Gasteiger charge is -2.35. The Morgan fingerprint density at radius 3 is 2.47 bits per heavy atom. The molecule has 0 saturated carbocycles. The van der Waals surface area contributed by atoms with Gasteiger partial charge in [-0.3, -0.25) is 4.79 Å². The molecule has 2 saturated heterocycles. The van der Waals surface area contributed by atoms with Crippen molar-refractivity contribution in [2.24, 2.45) is 0 Å². The van der Waals surface area contributed by atoms with Crippen LogP contribution in [0.3, 0.4) is 0 Å². The zero-order chi connectivity index (χ0) is 26.4. The number of β-amino-alcohol motifs (C(OH)–C–C–N with tert-alkyl or cyclic N) is 1. The minimum Gasteiger partial charge on any atom is -0.494 e. The maximum atomic E-state index is 15.5. The number of nitrogens with zero attached hydrogens (tertiary/aromatic N) is 4. The molecule has 1 amide bonds. The van der Waals surface area contributed by atoms with Crippen LogP contribution in [-0.4, -0.2) is 90.3 Å². The average molecular weight is 516 g/mol. The maximum Gasteiger partial charge on any atom is 0.254 e. The van der Waals surface area contributed by atoms with Gasteiger partial charge in [-0.2, -0.15) is 0 Å². The van der Waals surface area contributed by atoms with Crippen molar-refractivity contribution in [1.29, 1.82) is 0 Å². The molecule has 8 nitrogen and oxygen atoms in total. The third kappa shape index (κ3) is 4.37. The smallest absolute Gasteiger partial charge is 0.254 e. The fourth-order valence-corrected chi connectivity index (χ4v) is 5.23. The summed E-state index contributed by atoms with van der Waals surface area (Å²) < 4.78 is 21.1. The Morgan fingerprint density at radius 1 is 1.05 bits per heavy atom. The van der Waals surface area contributed by atoms with Crippen molar-refractivity contribution in [2.45, 2.75) is 6.10 Å². The Hall–Kier alpha value is -3.95. The SMILES string of the molecule is COc1cc(-c2cnc3[nH]cc(-c4ccc(C(=O)N5CC(O)C5)cc4)c3c2)cc(F)c1N1CCN(C)CC1. The van der Waals surface area contributed by atoms with Crippen molar-refractivity contribution in [1.82, 2.24) is 19.8 Å². The molecule has 2 aliphatic heterocycles. The van der Waals surface area contributed by atoms with Crippen LogP contribution in [0.5, 0.6) is 5.75 Å². The zero-order valence-electron chi connectivity index (χ0n) is 21.4. The van der Waals surface area contributed by atoms with Crippen LogP contribution < -0.4 is 9.64 Å². The van der Waals surface area contributed by atoms with Crippen LogP contribution >= 0.6 is 0 Å². The summed E-state index contributed by atoms with van der Waals surface area (Å²) in [7, 11) is 3.64. The van der Waals surface area contributed by atoms with Crippen molar-refractivity contribution in [3.8, 4) is 28.0 Å². The second-order valence-electron chi connectivity index (χ2n) is 10.1. The van der Waals surface area contributed by atoms with Gasteiger partial charge in [0.2, 0.25) is 0 Å². The predicted octanol–water partition coefficient (Wildman–Crippen LogP) is 3.61. The number of nitrogens with one attached hydrogen (secondary N) is 1. The Labute approximate surface area is 220 Å². The van der Waals surface area contributed by atoms with Crippen LogP contribution in [0, 0.1) is 5.82 Å². The van der Waals surface area contributed by atoms with E-state index in [0.29, 0.717) is 35.7 Å². The summed E-state index contributed by atoms with van der Waals surface area (Å²) in [6.45, 7) is 3.98. The van der Waals surface area contributed by atoms with E-state index in [1.54, 1.807) is 36.4 Å². The number of hydrogen-bond acceptors (Lipinski definition) is 6.